The Morgan fingerprint density at radius 2 is 2.37 bits per heavy atom. The normalized spacial score (nSPS) is 20.2. The van der Waals surface area contributed by atoms with Crippen LogP contribution in [0.15, 0.2) is 28.7 Å². The van der Waals surface area contributed by atoms with E-state index in [0.29, 0.717) is 17.6 Å². The van der Waals surface area contributed by atoms with E-state index in [1.165, 1.54) is 17.7 Å². The monoisotopic (exact) mass is 276 g/mol. The molecule has 0 saturated heterocycles. The van der Waals surface area contributed by atoms with Crippen LogP contribution >= 0.6 is 11.3 Å². The standard InChI is InChI=1S/C13H14N3O2S/c1-3-9(2)13-16(12-5-14-7-17-12)6-10(18-13)11-4-15-8-19-11/h4-5,7-9,13H,3H2,1-2H3. The van der Waals surface area contributed by atoms with Gasteiger partial charge in [-0.25, -0.2) is 4.98 Å². The zero-order valence-electron chi connectivity index (χ0n) is 10.7. The number of hydrogen-bond acceptors (Lipinski definition) is 6. The van der Waals surface area contributed by atoms with E-state index in [2.05, 4.69) is 30.0 Å². The van der Waals surface area contributed by atoms with E-state index < -0.39 is 0 Å². The van der Waals surface area contributed by atoms with Crippen molar-refractivity contribution in [1.29, 1.82) is 0 Å². The minimum atomic E-state index is -0.116. The van der Waals surface area contributed by atoms with Crippen LogP contribution in [0.1, 0.15) is 25.1 Å². The number of rotatable bonds is 4. The Labute approximate surface area is 115 Å². The summed E-state index contributed by atoms with van der Waals surface area (Å²) < 4.78 is 11.4. The lowest BCUT2D eigenvalue weighted by molar-refractivity contribution is 0.129. The average molecular weight is 276 g/mol. The van der Waals surface area contributed by atoms with E-state index in [9.17, 15) is 0 Å². The van der Waals surface area contributed by atoms with Gasteiger partial charge in [0.25, 0.3) is 0 Å². The Kier molecular flexibility index (Phi) is 3.25. The van der Waals surface area contributed by atoms with Gasteiger partial charge in [0.1, 0.15) is 6.20 Å². The molecule has 0 amide bonds. The number of nitrogens with zero attached hydrogens (tertiary/aromatic N) is 3. The molecule has 2 unspecified atom stereocenters. The molecule has 0 fully saturated rings. The van der Waals surface area contributed by atoms with Crippen molar-refractivity contribution in [3.63, 3.8) is 0 Å². The van der Waals surface area contributed by atoms with Gasteiger partial charge in [0, 0.05) is 12.1 Å². The Hall–Kier alpha value is -1.82. The maximum Gasteiger partial charge on any atom is 0.223 e. The second-order valence-electron chi connectivity index (χ2n) is 4.41. The molecule has 2 aromatic heterocycles. The quantitative estimate of drug-likeness (QED) is 0.858. The lowest BCUT2D eigenvalue weighted by atomic mass is 10.1. The number of ether oxygens (including phenoxy) is 1. The van der Waals surface area contributed by atoms with Crippen LogP contribution in [-0.4, -0.2) is 16.2 Å². The van der Waals surface area contributed by atoms with Crippen LogP contribution in [0.3, 0.4) is 0 Å². The van der Waals surface area contributed by atoms with Crippen LogP contribution in [-0.2, 0) is 4.74 Å². The number of oxazole rings is 1. The van der Waals surface area contributed by atoms with Crippen molar-refractivity contribution >= 4 is 23.0 Å². The molecule has 5 nitrogen and oxygen atoms in total. The summed E-state index contributed by atoms with van der Waals surface area (Å²) in [6.07, 6.45) is 8.98. The van der Waals surface area contributed by atoms with Gasteiger partial charge in [0.15, 0.2) is 18.4 Å². The van der Waals surface area contributed by atoms with E-state index in [0.717, 1.165) is 11.3 Å². The number of thiazole rings is 1. The first kappa shape index (κ1) is 12.2. The molecule has 99 valence electrons. The summed E-state index contributed by atoms with van der Waals surface area (Å²) in [5.41, 5.74) is 1.78. The summed E-state index contributed by atoms with van der Waals surface area (Å²) in [5.74, 6) is 1.71. The van der Waals surface area contributed by atoms with Crippen LogP contribution in [0.5, 0.6) is 0 Å². The minimum absolute atomic E-state index is 0.116. The van der Waals surface area contributed by atoms with Crippen molar-refractivity contribution in [2.45, 2.75) is 26.5 Å². The molecule has 3 heterocycles. The number of anilines is 1. The molecule has 0 spiro atoms. The largest absolute Gasteiger partial charge is 0.466 e. The highest BCUT2D eigenvalue weighted by Crippen LogP contribution is 2.35. The summed E-state index contributed by atoms with van der Waals surface area (Å²) in [6.45, 7) is 4.28. The Morgan fingerprint density at radius 1 is 1.47 bits per heavy atom. The lowest BCUT2D eigenvalue weighted by Gasteiger charge is -2.25. The average Bonchev–Trinajstić information content (AvgIpc) is 3.14. The summed E-state index contributed by atoms with van der Waals surface area (Å²) in [5, 5.41) is 0. The topological polar surface area (TPSA) is 51.4 Å². The van der Waals surface area contributed by atoms with Crippen molar-refractivity contribution in [3.05, 3.63) is 35.4 Å². The zero-order valence-corrected chi connectivity index (χ0v) is 11.6. The first-order chi connectivity index (χ1) is 9.29. The Bertz CT molecular complexity index is 550. The molecule has 2 atom stereocenters. The molecule has 2 aromatic rings. The highest BCUT2D eigenvalue weighted by Gasteiger charge is 2.34. The molecule has 0 aliphatic carbocycles. The number of hydrogen-bond donors (Lipinski definition) is 0. The molecule has 1 aliphatic heterocycles. The van der Waals surface area contributed by atoms with Crippen LogP contribution in [0.25, 0.3) is 5.76 Å². The molecule has 0 aromatic carbocycles. The van der Waals surface area contributed by atoms with Crippen molar-refractivity contribution in [3.8, 4) is 0 Å². The highest BCUT2D eigenvalue weighted by atomic mass is 32.1. The predicted molar refractivity (Wildman–Crippen MR) is 72.1 cm³/mol. The predicted octanol–water partition coefficient (Wildman–Crippen LogP) is 3.14. The van der Waals surface area contributed by atoms with E-state index >= 15 is 0 Å². The first-order valence-corrected chi connectivity index (χ1v) is 7.04. The van der Waals surface area contributed by atoms with Gasteiger partial charge in [-0.05, 0) is 6.42 Å². The van der Waals surface area contributed by atoms with Gasteiger partial charge >= 0.3 is 0 Å². The highest BCUT2D eigenvalue weighted by molar-refractivity contribution is 7.10. The molecule has 3 rings (SSSR count). The molecule has 0 N–H and O–H groups in total. The summed E-state index contributed by atoms with van der Waals surface area (Å²) >= 11 is 1.53. The van der Waals surface area contributed by atoms with Crippen molar-refractivity contribution < 1.29 is 9.15 Å². The maximum absolute atomic E-state index is 6.01. The fourth-order valence-electron chi connectivity index (χ4n) is 1.89. The second kappa shape index (κ2) is 5.05. The third-order valence-electron chi connectivity index (χ3n) is 3.16. The summed E-state index contributed by atoms with van der Waals surface area (Å²) in [7, 11) is 0. The van der Waals surface area contributed by atoms with Crippen LogP contribution in [0.2, 0.25) is 0 Å². The molecule has 0 bridgehead atoms. The molecular formula is C13H14N3O2S. The Morgan fingerprint density at radius 3 is 3.00 bits per heavy atom. The summed E-state index contributed by atoms with van der Waals surface area (Å²) in [6, 6.07) is 0. The van der Waals surface area contributed by atoms with Gasteiger partial charge in [0.05, 0.1) is 16.6 Å². The van der Waals surface area contributed by atoms with Gasteiger partial charge in [0.2, 0.25) is 5.88 Å². The van der Waals surface area contributed by atoms with Crippen LogP contribution < -0.4 is 4.90 Å². The van der Waals surface area contributed by atoms with Gasteiger partial charge in [-0.1, -0.05) is 13.8 Å². The maximum atomic E-state index is 6.01. The van der Waals surface area contributed by atoms with E-state index in [-0.39, 0.29) is 6.23 Å². The molecule has 6 heteroatoms. The molecular weight excluding hydrogens is 262 g/mol. The fourth-order valence-corrected chi connectivity index (χ4v) is 2.45. The summed E-state index contributed by atoms with van der Waals surface area (Å²) in [4.78, 5) is 10.9. The van der Waals surface area contributed by atoms with Gasteiger partial charge in [-0.15, -0.1) is 11.3 Å². The van der Waals surface area contributed by atoms with Crippen molar-refractivity contribution in [2.24, 2.45) is 5.92 Å². The molecule has 0 saturated carbocycles. The second-order valence-corrected chi connectivity index (χ2v) is 5.30. The Balaban J connectivity index is 1.92. The third-order valence-corrected chi connectivity index (χ3v) is 3.93. The first-order valence-electron chi connectivity index (χ1n) is 6.16. The molecule has 19 heavy (non-hydrogen) atoms. The van der Waals surface area contributed by atoms with Crippen LogP contribution in [0, 0.1) is 12.1 Å². The number of aromatic nitrogens is 2. The van der Waals surface area contributed by atoms with Gasteiger partial charge in [-0.3, -0.25) is 9.88 Å². The van der Waals surface area contributed by atoms with Crippen LogP contribution in [0.4, 0.5) is 5.88 Å². The zero-order chi connectivity index (χ0) is 13.2. The lowest BCUT2D eigenvalue weighted by Crippen LogP contribution is -2.33. The third kappa shape index (κ3) is 2.23. The van der Waals surface area contributed by atoms with E-state index in [1.807, 2.05) is 4.90 Å². The van der Waals surface area contributed by atoms with E-state index in [1.54, 1.807) is 17.9 Å². The minimum Gasteiger partial charge on any atom is -0.466 e. The SMILES string of the molecule is CCC(C)C1OC(c2cncs2)=[C]N1c1cnco1. The van der Waals surface area contributed by atoms with E-state index in [4.69, 9.17) is 9.15 Å². The molecule has 1 radical (unpaired) electrons. The van der Waals surface area contributed by atoms with Crippen molar-refractivity contribution in [1.82, 2.24) is 9.97 Å². The smallest absolute Gasteiger partial charge is 0.223 e. The molecule has 1 aliphatic rings. The van der Waals surface area contributed by atoms with Gasteiger partial charge < -0.3 is 9.15 Å². The fraction of sp³-hybridized carbons (Fsp3) is 0.385. The van der Waals surface area contributed by atoms with Gasteiger partial charge in [-0.2, -0.15) is 0 Å². The van der Waals surface area contributed by atoms with Crippen molar-refractivity contribution in [2.75, 3.05) is 4.90 Å².